The SMILES string of the molecule is CC(=CCc1ccc2cc3ccccc3cc2c1)C(=O)O. The van der Waals surface area contributed by atoms with Crippen LogP contribution in [0.1, 0.15) is 12.5 Å². The molecular weight excluding hydrogens is 260 g/mol. The Balaban J connectivity index is 2.01. The molecule has 0 aliphatic carbocycles. The first-order valence-corrected chi connectivity index (χ1v) is 6.95. The minimum Gasteiger partial charge on any atom is -0.478 e. The van der Waals surface area contributed by atoms with Crippen LogP contribution in [0.5, 0.6) is 0 Å². The molecule has 21 heavy (non-hydrogen) atoms. The van der Waals surface area contributed by atoms with E-state index in [0.29, 0.717) is 12.0 Å². The van der Waals surface area contributed by atoms with Crippen LogP contribution in [0.4, 0.5) is 0 Å². The molecule has 0 saturated carbocycles. The molecule has 2 nitrogen and oxygen atoms in total. The second kappa shape index (κ2) is 5.41. The standard InChI is InChI=1S/C19H16O2/c1-13(19(20)21)6-7-14-8-9-17-11-15-4-2-3-5-16(15)12-18(17)10-14/h2-6,8-12H,7H2,1H3,(H,20,21). The van der Waals surface area contributed by atoms with E-state index in [4.69, 9.17) is 5.11 Å². The molecule has 0 aliphatic rings. The summed E-state index contributed by atoms with van der Waals surface area (Å²) in [6.07, 6.45) is 2.39. The molecule has 1 N–H and O–H groups in total. The van der Waals surface area contributed by atoms with Crippen molar-refractivity contribution >= 4 is 27.5 Å². The molecule has 2 heteroatoms. The fourth-order valence-corrected chi connectivity index (χ4v) is 2.47. The van der Waals surface area contributed by atoms with Crippen molar-refractivity contribution in [3.8, 4) is 0 Å². The fourth-order valence-electron chi connectivity index (χ4n) is 2.47. The van der Waals surface area contributed by atoms with Crippen LogP contribution in [0.15, 0.2) is 66.2 Å². The number of benzene rings is 3. The lowest BCUT2D eigenvalue weighted by atomic mass is 10.0. The molecule has 0 aromatic heterocycles. The summed E-state index contributed by atoms with van der Waals surface area (Å²) in [5.41, 5.74) is 1.51. The average molecular weight is 276 g/mol. The summed E-state index contributed by atoms with van der Waals surface area (Å²) in [4.78, 5) is 10.8. The molecule has 0 fully saturated rings. The Morgan fingerprint density at radius 2 is 1.57 bits per heavy atom. The minimum absolute atomic E-state index is 0.383. The number of carboxylic acids is 1. The van der Waals surface area contributed by atoms with Gasteiger partial charge in [0.05, 0.1) is 0 Å². The lowest BCUT2D eigenvalue weighted by Crippen LogP contribution is -1.96. The minimum atomic E-state index is -0.859. The highest BCUT2D eigenvalue weighted by Gasteiger charge is 2.01. The van der Waals surface area contributed by atoms with Gasteiger partial charge in [-0.05, 0) is 52.6 Å². The van der Waals surface area contributed by atoms with Gasteiger partial charge in [-0.2, -0.15) is 0 Å². The summed E-state index contributed by atoms with van der Waals surface area (Å²) in [6.45, 7) is 1.62. The van der Waals surface area contributed by atoms with Crippen molar-refractivity contribution in [2.45, 2.75) is 13.3 Å². The molecule has 0 heterocycles. The van der Waals surface area contributed by atoms with Crippen LogP contribution in [0, 0.1) is 0 Å². The van der Waals surface area contributed by atoms with E-state index in [0.717, 1.165) is 5.56 Å². The molecule has 0 aliphatic heterocycles. The first-order valence-electron chi connectivity index (χ1n) is 6.95. The van der Waals surface area contributed by atoms with Gasteiger partial charge in [0.25, 0.3) is 0 Å². The number of fused-ring (bicyclic) bond motifs is 2. The Bertz CT molecular complexity index is 860. The third kappa shape index (κ3) is 2.79. The van der Waals surface area contributed by atoms with Crippen LogP contribution in [0.3, 0.4) is 0 Å². The van der Waals surface area contributed by atoms with Crippen LogP contribution in [0.25, 0.3) is 21.5 Å². The third-order valence-electron chi connectivity index (χ3n) is 3.75. The fraction of sp³-hybridized carbons (Fsp3) is 0.105. The van der Waals surface area contributed by atoms with E-state index in [-0.39, 0.29) is 0 Å². The van der Waals surface area contributed by atoms with Gasteiger partial charge in [-0.3, -0.25) is 0 Å². The molecule has 0 spiro atoms. The van der Waals surface area contributed by atoms with Gasteiger partial charge in [-0.25, -0.2) is 4.79 Å². The van der Waals surface area contributed by atoms with E-state index in [1.54, 1.807) is 13.0 Å². The maximum absolute atomic E-state index is 10.8. The molecule has 0 amide bonds. The van der Waals surface area contributed by atoms with Gasteiger partial charge >= 0.3 is 5.97 Å². The largest absolute Gasteiger partial charge is 0.478 e. The van der Waals surface area contributed by atoms with E-state index in [1.807, 2.05) is 12.1 Å². The second-order valence-corrected chi connectivity index (χ2v) is 5.28. The number of aliphatic carboxylic acids is 1. The highest BCUT2D eigenvalue weighted by Crippen LogP contribution is 2.24. The van der Waals surface area contributed by atoms with Crippen molar-refractivity contribution in [3.05, 3.63) is 71.8 Å². The topological polar surface area (TPSA) is 37.3 Å². The molecule has 0 radical (unpaired) electrons. The van der Waals surface area contributed by atoms with Crippen molar-refractivity contribution in [2.75, 3.05) is 0 Å². The van der Waals surface area contributed by atoms with Crippen LogP contribution in [-0.4, -0.2) is 11.1 Å². The van der Waals surface area contributed by atoms with Crippen molar-refractivity contribution in [1.82, 2.24) is 0 Å². The van der Waals surface area contributed by atoms with Gasteiger partial charge in [0.2, 0.25) is 0 Å². The smallest absolute Gasteiger partial charge is 0.330 e. The maximum atomic E-state index is 10.8. The lowest BCUT2D eigenvalue weighted by molar-refractivity contribution is -0.132. The summed E-state index contributed by atoms with van der Waals surface area (Å²) >= 11 is 0. The maximum Gasteiger partial charge on any atom is 0.330 e. The summed E-state index contributed by atoms with van der Waals surface area (Å²) in [7, 11) is 0. The Morgan fingerprint density at radius 1 is 0.952 bits per heavy atom. The Labute approximate surface area is 123 Å². The summed E-state index contributed by atoms with van der Waals surface area (Å²) in [5, 5.41) is 13.7. The molecule has 0 bridgehead atoms. The lowest BCUT2D eigenvalue weighted by Gasteiger charge is -2.05. The van der Waals surface area contributed by atoms with Crippen molar-refractivity contribution < 1.29 is 9.90 Å². The predicted molar refractivity (Wildman–Crippen MR) is 86.6 cm³/mol. The zero-order valence-corrected chi connectivity index (χ0v) is 11.8. The summed E-state index contributed by atoms with van der Waals surface area (Å²) in [5.74, 6) is -0.859. The molecule has 0 unspecified atom stereocenters. The van der Waals surface area contributed by atoms with Gasteiger partial charge in [0, 0.05) is 5.57 Å². The van der Waals surface area contributed by atoms with Crippen molar-refractivity contribution in [2.24, 2.45) is 0 Å². The molecule has 3 aromatic rings. The van der Waals surface area contributed by atoms with Gasteiger partial charge in [0.15, 0.2) is 0 Å². The number of rotatable bonds is 3. The number of carboxylic acid groups (broad SMARTS) is 1. The zero-order valence-electron chi connectivity index (χ0n) is 11.8. The molecular formula is C19H16O2. The third-order valence-corrected chi connectivity index (χ3v) is 3.75. The van der Waals surface area contributed by atoms with Gasteiger partial charge in [-0.15, -0.1) is 0 Å². The summed E-state index contributed by atoms with van der Waals surface area (Å²) in [6, 6.07) is 19.0. The van der Waals surface area contributed by atoms with E-state index in [2.05, 4.69) is 42.5 Å². The van der Waals surface area contributed by atoms with Gasteiger partial charge in [-0.1, -0.05) is 48.5 Å². The van der Waals surface area contributed by atoms with Crippen LogP contribution >= 0.6 is 0 Å². The van der Waals surface area contributed by atoms with Crippen LogP contribution < -0.4 is 0 Å². The molecule has 0 saturated heterocycles. The average Bonchev–Trinajstić information content (AvgIpc) is 2.50. The highest BCUT2D eigenvalue weighted by molar-refractivity contribution is 5.98. The zero-order chi connectivity index (χ0) is 14.8. The van der Waals surface area contributed by atoms with Gasteiger partial charge in [0.1, 0.15) is 0 Å². The molecule has 104 valence electrons. The van der Waals surface area contributed by atoms with Crippen LogP contribution in [-0.2, 0) is 11.2 Å². The predicted octanol–water partition coefficient (Wildman–Crippen LogP) is 4.57. The van der Waals surface area contributed by atoms with E-state index >= 15 is 0 Å². The molecule has 3 rings (SSSR count). The second-order valence-electron chi connectivity index (χ2n) is 5.28. The van der Waals surface area contributed by atoms with Crippen molar-refractivity contribution in [1.29, 1.82) is 0 Å². The normalized spacial score (nSPS) is 12.0. The van der Waals surface area contributed by atoms with Gasteiger partial charge < -0.3 is 5.11 Å². The first kappa shape index (κ1) is 13.4. The number of hydrogen-bond acceptors (Lipinski definition) is 1. The Morgan fingerprint density at radius 3 is 2.24 bits per heavy atom. The highest BCUT2D eigenvalue weighted by atomic mass is 16.4. The number of carbonyl (C=O) groups is 1. The van der Waals surface area contributed by atoms with Crippen molar-refractivity contribution in [3.63, 3.8) is 0 Å². The molecule has 3 aromatic carbocycles. The van der Waals surface area contributed by atoms with E-state index < -0.39 is 5.97 Å². The Kier molecular flexibility index (Phi) is 3.44. The van der Waals surface area contributed by atoms with E-state index in [9.17, 15) is 4.79 Å². The van der Waals surface area contributed by atoms with E-state index in [1.165, 1.54) is 21.5 Å². The summed E-state index contributed by atoms with van der Waals surface area (Å²) < 4.78 is 0. The van der Waals surface area contributed by atoms with Crippen LogP contribution in [0.2, 0.25) is 0 Å². The Hall–Kier alpha value is -2.61. The first-order chi connectivity index (χ1) is 10.1. The monoisotopic (exact) mass is 276 g/mol. The number of allylic oxidation sites excluding steroid dienone is 1. The number of hydrogen-bond donors (Lipinski definition) is 1. The molecule has 0 atom stereocenters. The quantitative estimate of drug-likeness (QED) is 0.562.